The molecule has 2 atom stereocenters. The molecule has 3 aromatic rings. The van der Waals surface area contributed by atoms with E-state index >= 15 is 0 Å². The molecule has 0 saturated carbocycles. The second-order valence-corrected chi connectivity index (χ2v) is 7.11. The molecule has 0 bridgehead atoms. The number of hydrogen-bond acceptors (Lipinski definition) is 4. The van der Waals surface area contributed by atoms with Crippen molar-refractivity contribution < 1.29 is 9.53 Å². The Morgan fingerprint density at radius 2 is 2.11 bits per heavy atom. The topological polar surface area (TPSA) is 69.0 Å². The zero-order valence-corrected chi connectivity index (χ0v) is 15.5. The van der Waals surface area contributed by atoms with Gasteiger partial charge in [0.15, 0.2) is 0 Å². The van der Waals surface area contributed by atoms with E-state index < -0.39 is 0 Å². The van der Waals surface area contributed by atoms with Gasteiger partial charge in [-0.3, -0.25) is 14.5 Å². The van der Waals surface area contributed by atoms with Crippen molar-refractivity contribution >= 4 is 16.8 Å². The van der Waals surface area contributed by atoms with Crippen molar-refractivity contribution in [1.82, 2.24) is 20.1 Å². The van der Waals surface area contributed by atoms with Crippen LogP contribution in [0.25, 0.3) is 10.9 Å². The molecule has 1 saturated heterocycles. The summed E-state index contributed by atoms with van der Waals surface area (Å²) in [5.41, 5.74) is 3.32. The number of carbonyl (C=O) groups is 1. The summed E-state index contributed by atoms with van der Waals surface area (Å²) in [6.45, 7) is 1.24. The van der Waals surface area contributed by atoms with Crippen molar-refractivity contribution in [3.8, 4) is 0 Å². The minimum absolute atomic E-state index is 0.0518. The lowest BCUT2D eigenvalue weighted by atomic mass is 9.93. The molecule has 140 valence electrons. The highest BCUT2D eigenvalue weighted by molar-refractivity contribution is 5.82. The molecule has 1 aliphatic rings. The highest BCUT2D eigenvalue weighted by atomic mass is 16.5. The number of nitrogens with one attached hydrogen (secondary N) is 1. The van der Waals surface area contributed by atoms with E-state index in [1.54, 1.807) is 6.20 Å². The number of para-hydroxylation sites is 1. The Kier molecular flexibility index (Phi) is 5.16. The predicted molar refractivity (Wildman–Crippen MR) is 103 cm³/mol. The third-order valence-electron chi connectivity index (χ3n) is 5.30. The zero-order valence-electron chi connectivity index (χ0n) is 15.5. The number of benzene rings is 1. The number of aryl methyl sites for hydroxylation is 2. The van der Waals surface area contributed by atoms with Crippen LogP contribution in [0.1, 0.15) is 17.7 Å². The SMILES string of the molecule is Cn1nccc1CCC(=O)N[C@H]1COC[C@H]1Cc1ccnc2ccccc12. The summed E-state index contributed by atoms with van der Waals surface area (Å²) in [7, 11) is 1.90. The van der Waals surface area contributed by atoms with E-state index in [9.17, 15) is 4.79 Å². The molecule has 3 heterocycles. The molecule has 1 fully saturated rings. The van der Waals surface area contributed by atoms with E-state index in [1.165, 1.54) is 10.9 Å². The van der Waals surface area contributed by atoms with Crippen LogP contribution in [-0.2, 0) is 29.4 Å². The fourth-order valence-electron chi connectivity index (χ4n) is 3.74. The first kappa shape index (κ1) is 17.7. The maximum Gasteiger partial charge on any atom is 0.220 e. The fourth-order valence-corrected chi connectivity index (χ4v) is 3.74. The number of pyridine rings is 1. The molecule has 0 radical (unpaired) electrons. The summed E-state index contributed by atoms with van der Waals surface area (Å²) in [6, 6.07) is 12.2. The van der Waals surface area contributed by atoms with Gasteiger partial charge in [0.1, 0.15) is 0 Å². The molecular formula is C21H24N4O2. The summed E-state index contributed by atoms with van der Waals surface area (Å²) in [4.78, 5) is 16.8. The van der Waals surface area contributed by atoms with E-state index in [0.717, 1.165) is 17.6 Å². The molecular weight excluding hydrogens is 340 g/mol. The summed E-state index contributed by atoms with van der Waals surface area (Å²) in [5, 5.41) is 8.49. The quantitative estimate of drug-likeness (QED) is 0.729. The summed E-state index contributed by atoms with van der Waals surface area (Å²) < 4.78 is 7.49. The van der Waals surface area contributed by atoms with Crippen LogP contribution in [0.5, 0.6) is 0 Å². The van der Waals surface area contributed by atoms with Crippen LogP contribution in [-0.4, -0.2) is 39.9 Å². The molecule has 1 N–H and O–H groups in total. The largest absolute Gasteiger partial charge is 0.379 e. The molecule has 1 aromatic carbocycles. The Bertz CT molecular complexity index is 931. The van der Waals surface area contributed by atoms with Gasteiger partial charge in [-0.15, -0.1) is 0 Å². The molecule has 1 aliphatic heterocycles. The van der Waals surface area contributed by atoms with Crippen LogP contribution < -0.4 is 5.32 Å². The van der Waals surface area contributed by atoms with Crippen molar-refractivity contribution in [3.05, 3.63) is 60.0 Å². The number of ether oxygens (including phenoxy) is 1. The molecule has 27 heavy (non-hydrogen) atoms. The molecule has 2 aromatic heterocycles. The Hall–Kier alpha value is -2.73. The molecule has 1 amide bonds. The minimum atomic E-state index is 0.0518. The standard InChI is InChI=1S/C21H24N4O2/c1-25-17(9-11-23-25)6-7-21(26)24-20-14-27-13-16(20)12-15-8-10-22-19-5-3-2-4-18(15)19/h2-5,8-11,16,20H,6-7,12-14H2,1H3,(H,24,26)/t16-,20+/m1/s1. The summed E-state index contributed by atoms with van der Waals surface area (Å²) in [6.07, 6.45) is 5.63. The first-order valence-electron chi connectivity index (χ1n) is 9.37. The van der Waals surface area contributed by atoms with Crippen LogP contribution in [0, 0.1) is 5.92 Å². The van der Waals surface area contributed by atoms with Crippen LogP contribution >= 0.6 is 0 Å². The minimum Gasteiger partial charge on any atom is -0.379 e. The highest BCUT2D eigenvalue weighted by Crippen LogP contribution is 2.24. The van der Waals surface area contributed by atoms with Crippen LogP contribution in [0.2, 0.25) is 0 Å². The number of hydrogen-bond donors (Lipinski definition) is 1. The molecule has 6 nitrogen and oxygen atoms in total. The van der Waals surface area contributed by atoms with E-state index in [-0.39, 0.29) is 17.9 Å². The van der Waals surface area contributed by atoms with Gasteiger partial charge in [-0.25, -0.2) is 0 Å². The average Bonchev–Trinajstić information content (AvgIpc) is 3.29. The Morgan fingerprint density at radius 3 is 2.96 bits per heavy atom. The van der Waals surface area contributed by atoms with Crippen LogP contribution in [0.3, 0.4) is 0 Å². The van der Waals surface area contributed by atoms with Gasteiger partial charge in [0, 0.05) is 42.9 Å². The van der Waals surface area contributed by atoms with Gasteiger partial charge >= 0.3 is 0 Å². The van der Waals surface area contributed by atoms with E-state index in [4.69, 9.17) is 4.74 Å². The Balaban J connectivity index is 1.38. The molecule has 0 aliphatic carbocycles. The molecule has 0 unspecified atom stereocenters. The number of fused-ring (bicyclic) bond motifs is 1. The van der Waals surface area contributed by atoms with Gasteiger partial charge in [-0.05, 0) is 36.6 Å². The molecule has 4 rings (SSSR count). The first-order valence-corrected chi connectivity index (χ1v) is 9.37. The van der Waals surface area contributed by atoms with Crippen LogP contribution in [0.15, 0.2) is 48.8 Å². The Morgan fingerprint density at radius 1 is 1.22 bits per heavy atom. The number of rotatable bonds is 6. The number of carbonyl (C=O) groups excluding carboxylic acids is 1. The van der Waals surface area contributed by atoms with Crippen molar-refractivity contribution in [2.75, 3.05) is 13.2 Å². The lowest BCUT2D eigenvalue weighted by molar-refractivity contribution is -0.122. The van der Waals surface area contributed by atoms with Gasteiger partial charge in [-0.1, -0.05) is 18.2 Å². The second kappa shape index (κ2) is 7.88. The highest BCUT2D eigenvalue weighted by Gasteiger charge is 2.30. The van der Waals surface area contributed by atoms with Gasteiger partial charge in [0.05, 0.1) is 24.8 Å². The van der Waals surface area contributed by atoms with E-state index in [1.807, 2.05) is 42.2 Å². The second-order valence-electron chi connectivity index (χ2n) is 7.11. The zero-order chi connectivity index (χ0) is 18.6. The predicted octanol–water partition coefficient (Wildman–Crippen LogP) is 2.27. The fraction of sp³-hybridized carbons (Fsp3) is 0.381. The maximum atomic E-state index is 12.4. The maximum absolute atomic E-state index is 12.4. The van der Waals surface area contributed by atoms with Gasteiger partial charge in [-0.2, -0.15) is 5.10 Å². The first-order chi connectivity index (χ1) is 13.2. The Labute approximate surface area is 158 Å². The molecule has 6 heteroatoms. The third-order valence-corrected chi connectivity index (χ3v) is 5.30. The van der Waals surface area contributed by atoms with Crippen LogP contribution in [0.4, 0.5) is 0 Å². The van der Waals surface area contributed by atoms with Gasteiger partial charge in [0.2, 0.25) is 5.91 Å². The van der Waals surface area contributed by atoms with Crippen molar-refractivity contribution in [2.45, 2.75) is 25.3 Å². The number of nitrogens with zero attached hydrogens (tertiary/aromatic N) is 3. The van der Waals surface area contributed by atoms with E-state index in [0.29, 0.717) is 26.1 Å². The van der Waals surface area contributed by atoms with Gasteiger partial charge < -0.3 is 10.1 Å². The normalized spacial score (nSPS) is 19.4. The van der Waals surface area contributed by atoms with Gasteiger partial charge in [0.25, 0.3) is 0 Å². The summed E-state index contributed by atoms with van der Waals surface area (Å²) >= 11 is 0. The summed E-state index contributed by atoms with van der Waals surface area (Å²) in [5.74, 6) is 0.341. The average molecular weight is 364 g/mol. The lowest BCUT2D eigenvalue weighted by Gasteiger charge is -2.20. The monoisotopic (exact) mass is 364 g/mol. The third kappa shape index (κ3) is 4.01. The van der Waals surface area contributed by atoms with Crippen molar-refractivity contribution in [3.63, 3.8) is 0 Å². The van der Waals surface area contributed by atoms with Crippen molar-refractivity contribution in [2.24, 2.45) is 13.0 Å². The smallest absolute Gasteiger partial charge is 0.220 e. The van der Waals surface area contributed by atoms with E-state index in [2.05, 4.69) is 27.5 Å². The number of aromatic nitrogens is 3. The molecule has 0 spiro atoms. The number of amides is 1. The lowest BCUT2D eigenvalue weighted by Crippen LogP contribution is -2.40. The van der Waals surface area contributed by atoms with Crippen molar-refractivity contribution in [1.29, 1.82) is 0 Å².